The van der Waals surface area contributed by atoms with Crippen LogP contribution < -0.4 is 0 Å². The van der Waals surface area contributed by atoms with Crippen LogP contribution in [0.5, 0.6) is 0 Å². The molecule has 0 saturated carbocycles. The summed E-state index contributed by atoms with van der Waals surface area (Å²) in [5, 5.41) is 8.05. The Morgan fingerprint density at radius 1 is 1.50 bits per heavy atom. The molecule has 1 atom stereocenters. The van der Waals surface area contributed by atoms with Gasteiger partial charge in [-0.05, 0) is 18.4 Å². The lowest BCUT2D eigenvalue weighted by Crippen LogP contribution is -1.97. The van der Waals surface area contributed by atoms with Crippen LogP contribution in [0.25, 0.3) is 5.65 Å². The molecule has 0 radical (unpaired) electrons. The van der Waals surface area contributed by atoms with Gasteiger partial charge in [0.05, 0.1) is 0 Å². The van der Waals surface area contributed by atoms with E-state index in [-0.39, 0.29) is 0 Å². The highest BCUT2D eigenvalue weighted by Gasteiger charge is 2.09. The zero-order valence-corrected chi connectivity index (χ0v) is 8.64. The van der Waals surface area contributed by atoms with Gasteiger partial charge in [-0.15, -0.1) is 10.2 Å². The first-order chi connectivity index (χ1) is 6.83. The van der Waals surface area contributed by atoms with Crippen LogP contribution in [-0.4, -0.2) is 14.6 Å². The Hall–Kier alpha value is -1.38. The second kappa shape index (κ2) is 3.78. The zero-order chi connectivity index (χ0) is 9.97. The highest BCUT2D eigenvalue weighted by atomic mass is 15.2. The largest absolute Gasteiger partial charge is 0.289 e. The van der Waals surface area contributed by atoms with E-state index in [0.29, 0.717) is 5.92 Å². The molecule has 0 spiro atoms. The molecule has 0 N–H and O–H groups in total. The third kappa shape index (κ3) is 1.50. The maximum atomic E-state index is 4.13. The van der Waals surface area contributed by atoms with Gasteiger partial charge < -0.3 is 0 Å². The quantitative estimate of drug-likeness (QED) is 0.743. The summed E-state index contributed by atoms with van der Waals surface area (Å²) in [6, 6.07) is 4.20. The number of fused-ring (bicyclic) bond motifs is 1. The Morgan fingerprint density at radius 2 is 2.36 bits per heavy atom. The number of nitrogens with zero attached hydrogens (tertiary/aromatic N) is 3. The minimum atomic E-state index is 0.563. The van der Waals surface area contributed by atoms with Gasteiger partial charge >= 0.3 is 0 Å². The smallest absolute Gasteiger partial charge is 0.164 e. The summed E-state index contributed by atoms with van der Waals surface area (Å²) >= 11 is 0. The standard InChI is InChI=1S/C11H15N3/c1-3-5-9(2)10-6-4-7-14-8-12-13-11(10)14/h4,6-9H,3,5H2,1-2H3. The Kier molecular flexibility index (Phi) is 2.48. The topological polar surface area (TPSA) is 30.2 Å². The summed E-state index contributed by atoms with van der Waals surface area (Å²) in [4.78, 5) is 0. The summed E-state index contributed by atoms with van der Waals surface area (Å²) in [5.41, 5.74) is 2.29. The zero-order valence-electron chi connectivity index (χ0n) is 8.64. The maximum absolute atomic E-state index is 4.13. The molecule has 0 aliphatic rings. The van der Waals surface area contributed by atoms with Gasteiger partial charge in [0.15, 0.2) is 5.65 Å². The van der Waals surface area contributed by atoms with Gasteiger partial charge in [-0.1, -0.05) is 26.3 Å². The highest BCUT2D eigenvalue weighted by molar-refractivity contribution is 5.48. The third-order valence-electron chi connectivity index (χ3n) is 2.61. The summed E-state index contributed by atoms with van der Waals surface area (Å²) in [6.45, 7) is 4.45. The van der Waals surface area contributed by atoms with E-state index >= 15 is 0 Å². The van der Waals surface area contributed by atoms with Crippen molar-refractivity contribution in [2.45, 2.75) is 32.6 Å². The van der Waals surface area contributed by atoms with E-state index in [9.17, 15) is 0 Å². The fraction of sp³-hybridized carbons (Fsp3) is 0.455. The number of hydrogen-bond donors (Lipinski definition) is 0. The molecule has 0 fully saturated rings. The first-order valence-corrected chi connectivity index (χ1v) is 5.11. The van der Waals surface area contributed by atoms with Crippen molar-refractivity contribution in [3.63, 3.8) is 0 Å². The molecule has 0 aliphatic carbocycles. The lowest BCUT2D eigenvalue weighted by Gasteiger charge is -2.10. The van der Waals surface area contributed by atoms with Crippen molar-refractivity contribution in [3.05, 3.63) is 30.2 Å². The molecule has 74 valence electrons. The van der Waals surface area contributed by atoms with E-state index in [1.807, 2.05) is 10.6 Å². The average Bonchev–Trinajstić information content (AvgIpc) is 2.65. The van der Waals surface area contributed by atoms with E-state index in [1.165, 1.54) is 18.4 Å². The molecule has 0 aliphatic heterocycles. The summed E-state index contributed by atoms with van der Waals surface area (Å²) in [5.74, 6) is 0.563. The predicted molar refractivity (Wildman–Crippen MR) is 56.3 cm³/mol. The van der Waals surface area contributed by atoms with E-state index in [2.05, 4.69) is 36.2 Å². The molecule has 3 nitrogen and oxygen atoms in total. The Balaban J connectivity index is 2.45. The van der Waals surface area contributed by atoms with Crippen molar-refractivity contribution in [1.82, 2.24) is 14.6 Å². The Labute approximate surface area is 83.8 Å². The third-order valence-corrected chi connectivity index (χ3v) is 2.61. The maximum Gasteiger partial charge on any atom is 0.164 e. The molecule has 3 heteroatoms. The molecule has 0 saturated heterocycles. The van der Waals surface area contributed by atoms with Crippen LogP contribution in [0.4, 0.5) is 0 Å². The van der Waals surface area contributed by atoms with Crippen molar-refractivity contribution in [2.24, 2.45) is 0 Å². The Bertz CT molecular complexity index is 419. The van der Waals surface area contributed by atoms with E-state index in [1.54, 1.807) is 6.33 Å². The number of pyridine rings is 1. The number of aromatic nitrogens is 3. The van der Waals surface area contributed by atoms with E-state index in [4.69, 9.17) is 0 Å². The molecule has 2 aromatic heterocycles. The van der Waals surface area contributed by atoms with Crippen molar-refractivity contribution < 1.29 is 0 Å². The van der Waals surface area contributed by atoms with Crippen molar-refractivity contribution in [2.75, 3.05) is 0 Å². The predicted octanol–water partition coefficient (Wildman–Crippen LogP) is 2.63. The van der Waals surface area contributed by atoms with Crippen molar-refractivity contribution in [1.29, 1.82) is 0 Å². The monoisotopic (exact) mass is 189 g/mol. The molecule has 0 aromatic carbocycles. The average molecular weight is 189 g/mol. The summed E-state index contributed by atoms with van der Waals surface area (Å²) < 4.78 is 1.97. The molecule has 1 unspecified atom stereocenters. The first-order valence-electron chi connectivity index (χ1n) is 5.11. The second-order valence-electron chi connectivity index (χ2n) is 3.72. The van der Waals surface area contributed by atoms with Crippen LogP contribution in [0.3, 0.4) is 0 Å². The van der Waals surface area contributed by atoms with Crippen LogP contribution >= 0.6 is 0 Å². The van der Waals surface area contributed by atoms with Crippen molar-refractivity contribution >= 4 is 5.65 Å². The van der Waals surface area contributed by atoms with Gasteiger partial charge in [-0.25, -0.2) is 0 Å². The minimum Gasteiger partial charge on any atom is -0.289 e. The van der Waals surface area contributed by atoms with Crippen LogP contribution in [0.15, 0.2) is 24.7 Å². The lowest BCUT2D eigenvalue weighted by atomic mass is 9.98. The molecule has 2 heterocycles. The van der Waals surface area contributed by atoms with Crippen LogP contribution in [0.2, 0.25) is 0 Å². The normalized spacial score (nSPS) is 13.3. The molecular weight excluding hydrogens is 174 g/mol. The molecule has 0 bridgehead atoms. The summed E-state index contributed by atoms with van der Waals surface area (Å²) in [7, 11) is 0. The van der Waals surface area contributed by atoms with Gasteiger partial charge in [-0.3, -0.25) is 4.40 Å². The fourth-order valence-corrected chi connectivity index (χ4v) is 1.85. The van der Waals surface area contributed by atoms with Crippen LogP contribution in [0, 0.1) is 0 Å². The van der Waals surface area contributed by atoms with Crippen LogP contribution in [0.1, 0.15) is 38.2 Å². The minimum absolute atomic E-state index is 0.563. The molecule has 14 heavy (non-hydrogen) atoms. The SMILES string of the molecule is CCCC(C)c1cccn2cnnc12. The fourth-order valence-electron chi connectivity index (χ4n) is 1.85. The number of hydrogen-bond acceptors (Lipinski definition) is 2. The van der Waals surface area contributed by atoms with Gasteiger partial charge in [0, 0.05) is 11.8 Å². The molecule has 0 amide bonds. The highest BCUT2D eigenvalue weighted by Crippen LogP contribution is 2.23. The summed E-state index contributed by atoms with van der Waals surface area (Å²) in [6.07, 6.45) is 6.14. The van der Waals surface area contributed by atoms with Gasteiger partial charge in [-0.2, -0.15) is 0 Å². The second-order valence-corrected chi connectivity index (χ2v) is 3.72. The van der Waals surface area contributed by atoms with E-state index in [0.717, 1.165) is 5.65 Å². The molecule has 2 aromatic rings. The van der Waals surface area contributed by atoms with Crippen molar-refractivity contribution in [3.8, 4) is 0 Å². The van der Waals surface area contributed by atoms with Gasteiger partial charge in [0.1, 0.15) is 6.33 Å². The molecule has 2 rings (SSSR count). The first kappa shape index (κ1) is 9.19. The molecular formula is C11H15N3. The van der Waals surface area contributed by atoms with E-state index < -0.39 is 0 Å². The van der Waals surface area contributed by atoms with Crippen LogP contribution in [-0.2, 0) is 0 Å². The van der Waals surface area contributed by atoms with Gasteiger partial charge in [0.25, 0.3) is 0 Å². The Morgan fingerprint density at radius 3 is 3.14 bits per heavy atom. The number of rotatable bonds is 3. The van der Waals surface area contributed by atoms with Gasteiger partial charge in [0.2, 0.25) is 0 Å². The lowest BCUT2D eigenvalue weighted by molar-refractivity contribution is 0.665.